The fourth-order valence-electron chi connectivity index (χ4n) is 2.10. The first-order valence-electron chi connectivity index (χ1n) is 7.42. The highest BCUT2D eigenvalue weighted by Gasteiger charge is 2.13. The van der Waals surface area contributed by atoms with Crippen LogP contribution in [-0.2, 0) is 11.3 Å². The van der Waals surface area contributed by atoms with Crippen molar-refractivity contribution in [3.05, 3.63) is 28.8 Å². The van der Waals surface area contributed by atoms with Crippen LogP contribution in [0.5, 0.6) is 0 Å². The van der Waals surface area contributed by atoms with Crippen LogP contribution in [-0.4, -0.2) is 32.6 Å². The van der Waals surface area contributed by atoms with Gasteiger partial charge in [0.1, 0.15) is 0 Å². The minimum absolute atomic E-state index is 0.00193. The van der Waals surface area contributed by atoms with Crippen LogP contribution in [0, 0.1) is 5.92 Å². The van der Waals surface area contributed by atoms with Crippen LogP contribution < -0.4 is 15.5 Å². The first kappa shape index (κ1) is 17.8. The molecule has 0 aromatic heterocycles. The number of carbonyl (C=O) groups is 1. The third kappa shape index (κ3) is 5.94. The summed E-state index contributed by atoms with van der Waals surface area (Å²) in [7, 11) is 1.65. The fraction of sp³-hybridized carbons (Fsp3) is 0.562. The number of anilines is 1. The number of rotatable bonds is 8. The van der Waals surface area contributed by atoms with Crippen LogP contribution >= 0.6 is 11.6 Å². The van der Waals surface area contributed by atoms with Gasteiger partial charge in [-0.15, -0.1) is 0 Å². The van der Waals surface area contributed by atoms with E-state index in [0.717, 1.165) is 30.9 Å². The summed E-state index contributed by atoms with van der Waals surface area (Å²) in [5.74, 6) is 0.604. The molecule has 5 heteroatoms. The van der Waals surface area contributed by atoms with Crippen molar-refractivity contribution in [3.63, 3.8) is 0 Å². The number of hydrogen-bond donors (Lipinski definition) is 2. The Morgan fingerprint density at radius 1 is 1.38 bits per heavy atom. The smallest absolute Gasteiger partial charge is 0.239 e. The number of hydrogen-bond acceptors (Lipinski definition) is 3. The number of halogens is 1. The Bertz CT molecular complexity index is 463. The van der Waals surface area contributed by atoms with E-state index in [1.165, 1.54) is 0 Å². The first-order valence-corrected chi connectivity index (χ1v) is 7.80. The Kier molecular flexibility index (Phi) is 7.54. The molecular formula is C16H26ClN3O. The molecule has 0 bridgehead atoms. The van der Waals surface area contributed by atoms with Crippen molar-refractivity contribution in [1.29, 1.82) is 0 Å². The molecule has 0 spiro atoms. The summed E-state index contributed by atoms with van der Waals surface area (Å²) in [6.07, 6.45) is 0. The Balaban J connectivity index is 2.90. The second-order valence-corrected chi connectivity index (χ2v) is 5.92. The molecule has 0 unspecified atom stereocenters. The number of likely N-dealkylation sites (N-methyl/N-ethyl adjacent to an activating group) is 2. The van der Waals surface area contributed by atoms with Gasteiger partial charge in [-0.2, -0.15) is 0 Å². The minimum Gasteiger partial charge on any atom is -0.362 e. The number of nitrogens with zero attached hydrogens (tertiary/aromatic N) is 1. The lowest BCUT2D eigenvalue weighted by atomic mass is 10.1. The average Bonchev–Trinajstić information content (AvgIpc) is 2.45. The molecule has 4 nitrogen and oxygen atoms in total. The molecule has 1 aromatic carbocycles. The summed E-state index contributed by atoms with van der Waals surface area (Å²) in [6.45, 7) is 9.22. The normalized spacial score (nSPS) is 10.8. The van der Waals surface area contributed by atoms with Gasteiger partial charge in [-0.05, 0) is 37.1 Å². The second-order valence-electron chi connectivity index (χ2n) is 5.49. The zero-order valence-electron chi connectivity index (χ0n) is 13.4. The Labute approximate surface area is 132 Å². The maximum atomic E-state index is 11.7. The zero-order chi connectivity index (χ0) is 15.8. The molecule has 0 radical (unpaired) electrons. The van der Waals surface area contributed by atoms with E-state index >= 15 is 0 Å². The van der Waals surface area contributed by atoms with E-state index in [4.69, 9.17) is 11.6 Å². The van der Waals surface area contributed by atoms with Gasteiger partial charge < -0.3 is 15.5 Å². The Morgan fingerprint density at radius 2 is 2.10 bits per heavy atom. The number of amides is 1. The largest absolute Gasteiger partial charge is 0.362 e. The highest BCUT2D eigenvalue weighted by atomic mass is 35.5. The van der Waals surface area contributed by atoms with Crippen LogP contribution in [0.1, 0.15) is 26.3 Å². The van der Waals surface area contributed by atoms with E-state index in [9.17, 15) is 4.79 Å². The van der Waals surface area contributed by atoms with Crippen LogP contribution in [0.15, 0.2) is 18.2 Å². The van der Waals surface area contributed by atoms with Crippen LogP contribution in [0.25, 0.3) is 0 Å². The lowest BCUT2D eigenvalue weighted by molar-refractivity contribution is -0.119. The van der Waals surface area contributed by atoms with Crippen molar-refractivity contribution in [2.45, 2.75) is 27.3 Å². The molecule has 0 aliphatic carbocycles. The fourth-order valence-corrected chi connectivity index (χ4v) is 2.26. The van der Waals surface area contributed by atoms with E-state index in [0.29, 0.717) is 17.5 Å². The molecule has 0 atom stereocenters. The molecule has 0 aliphatic rings. The SMILES string of the molecule is CCN(CC(=O)NC)c1cc(Cl)ccc1CNCC(C)C. The third-order valence-corrected chi connectivity index (χ3v) is 3.49. The number of nitrogens with one attached hydrogen (secondary N) is 2. The maximum Gasteiger partial charge on any atom is 0.239 e. The molecule has 0 saturated carbocycles. The highest BCUT2D eigenvalue weighted by molar-refractivity contribution is 6.30. The summed E-state index contributed by atoms with van der Waals surface area (Å²) in [4.78, 5) is 13.7. The lowest BCUT2D eigenvalue weighted by Crippen LogP contribution is -2.36. The van der Waals surface area contributed by atoms with Crippen molar-refractivity contribution in [2.24, 2.45) is 5.92 Å². The molecule has 118 valence electrons. The predicted molar refractivity (Wildman–Crippen MR) is 90.0 cm³/mol. The van der Waals surface area contributed by atoms with Gasteiger partial charge in [-0.25, -0.2) is 0 Å². The molecule has 0 heterocycles. The molecule has 0 aliphatic heterocycles. The number of carbonyl (C=O) groups excluding carboxylic acids is 1. The monoisotopic (exact) mass is 311 g/mol. The van der Waals surface area contributed by atoms with E-state index in [1.54, 1.807) is 7.05 Å². The molecule has 0 fully saturated rings. The topological polar surface area (TPSA) is 44.4 Å². The average molecular weight is 312 g/mol. The second kappa shape index (κ2) is 8.90. The standard InChI is InChI=1S/C16H26ClN3O/c1-5-20(11-16(21)18-4)15-8-14(17)7-6-13(15)10-19-9-12(2)3/h6-8,12,19H,5,9-11H2,1-4H3,(H,18,21). The quantitative estimate of drug-likeness (QED) is 0.776. The maximum absolute atomic E-state index is 11.7. The molecule has 1 amide bonds. The number of benzene rings is 1. The van der Waals surface area contributed by atoms with Crippen molar-refractivity contribution >= 4 is 23.2 Å². The summed E-state index contributed by atoms with van der Waals surface area (Å²) in [5.41, 5.74) is 2.18. The Hall–Kier alpha value is -1.26. The van der Waals surface area contributed by atoms with Gasteiger partial charge in [0, 0.05) is 30.8 Å². The molecular weight excluding hydrogens is 286 g/mol. The van der Waals surface area contributed by atoms with Gasteiger partial charge in [0.15, 0.2) is 0 Å². The third-order valence-electron chi connectivity index (χ3n) is 3.25. The first-order chi connectivity index (χ1) is 9.97. The van der Waals surface area contributed by atoms with E-state index in [1.807, 2.05) is 30.0 Å². The summed E-state index contributed by atoms with van der Waals surface area (Å²) in [6, 6.07) is 5.85. The lowest BCUT2D eigenvalue weighted by Gasteiger charge is -2.25. The van der Waals surface area contributed by atoms with Gasteiger partial charge in [0.05, 0.1) is 6.54 Å². The summed E-state index contributed by atoms with van der Waals surface area (Å²) in [5, 5.41) is 6.79. The van der Waals surface area contributed by atoms with Crippen molar-refractivity contribution in [1.82, 2.24) is 10.6 Å². The predicted octanol–water partition coefficient (Wildman–Crippen LogP) is 2.66. The van der Waals surface area contributed by atoms with Gasteiger partial charge in [0.25, 0.3) is 0 Å². The van der Waals surface area contributed by atoms with Crippen molar-refractivity contribution in [2.75, 3.05) is 31.6 Å². The van der Waals surface area contributed by atoms with Gasteiger partial charge in [-0.1, -0.05) is 31.5 Å². The molecule has 2 N–H and O–H groups in total. The Morgan fingerprint density at radius 3 is 2.67 bits per heavy atom. The summed E-state index contributed by atoms with van der Waals surface area (Å²) < 4.78 is 0. The van der Waals surface area contributed by atoms with E-state index in [-0.39, 0.29) is 5.91 Å². The molecule has 21 heavy (non-hydrogen) atoms. The summed E-state index contributed by atoms with van der Waals surface area (Å²) >= 11 is 6.13. The van der Waals surface area contributed by atoms with Crippen LogP contribution in [0.2, 0.25) is 5.02 Å². The van der Waals surface area contributed by atoms with Crippen LogP contribution in [0.4, 0.5) is 5.69 Å². The van der Waals surface area contributed by atoms with Crippen molar-refractivity contribution < 1.29 is 4.79 Å². The van der Waals surface area contributed by atoms with E-state index < -0.39 is 0 Å². The van der Waals surface area contributed by atoms with Gasteiger partial charge >= 0.3 is 0 Å². The molecule has 1 rings (SSSR count). The van der Waals surface area contributed by atoms with Gasteiger partial charge in [0.2, 0.25) is 5.91 Å². The molecule has 1 aromatic rings. The van der Waals surface area contributed by atoms with E-state index in [2.05, 4.69) is 24.5 Å². The van der Waals surface area contributed by atoms with Crippen molar-refractivity contribution in [3.8, 4) is 0 Å². The zero-order valence-corrected chi connectivity index (χ0v) is 14.1. The van der Waals surface area contributed by atoms with Gasteiger partial charge in [-0.3, -0.25) is 4.79 Å². The van der Waals surface area contributed by atoms with Crippen LogP contribution in [0.3, 0.4) is 0 Å². The highest BCUT2D eigenvalue weighted by Crippen LogP contribution is 2.25. The minimum atomic E-state index is -0.00193. The molecule has 0 saturated heterocycles.